The number of aliphatic carboxylic acids is 1. The van der Waals surface area contributed by atoms with E-state index < -0.39 is 5.97 Å². The van der Waals surface area contributed by atoms with Gasteiger partial charge in [-0.25, -0.2) is 4.98 Å². The maximum atomic E-state index is 12.9. The number of pyridine rings is 1. The van der Waals surface area contributed by atoms with Gasteiger partial charge in [-0.05, 0) is 50.5 Å². The lowest BCUT2D eigenvalue weighted by Crippen LogP contribution is -2.32. The standard InChI is InChI=1S/C20H28N4O3/c1-11(2)16-9-15(17-12(3)23-24(4)18(17)22-16)19(25)21-10-13-5-7-14(8-6-13)20(26)27/h9,11,13-14H,5-8,10H2,1-4H3,(H,21,25)(H,26,27). The number of aromatic nitrogens is 3. The van der Waals surface area contributed by atoms with Crippen LogP contribution in [-0.2, 0) is 11.8 Å². The van der Waals surface area contributed by atoms with Gasteiger partial charge in [0, 0.05) is 19.3 Å². The van der Waals surface area contributed by atoms with Crippen molar-refractivity contribution in [2.45, 2.75) is 52.4 Å². The molecule has 1 fully saturated rings. The summed E-state index contributed by atoms with van der Waals surface area (Å²) in [5, 5.41) is 17.4. The molecule has 0 bridgehead atoms. The van der Waals surface area contributed by atoms with Crippen molar-refractivity contribution in [2.24, 2.45) is 18.9 Å². The van der Waals surface area contributed by atoms with E-state index in [-0.39, 0.29) is 17.7 Å². The monoisotopic (exact) mass is 372 g/mol. The van der Waals surface area contributed by atoms with Crippen LogP contribution in [0, 0.1) is 18.8 Å². The third-order valence-electron chi connectivity index (χ3n) is 5.57. The van der Waals surface area contributed by atoms with Gasteiger partial charge in [0.15, 0.2) is 5.65 Å². The lowest BCUT2D eigenvalue weighted by Gasteiger charge is -2.26. The molecular weight excluding hydrogens is 344 g/mol. The van der Waals surface area contributed by atoms with Gasteiger partial charge in [0.2, 0.25) is 0 Å². The average Bonchev–Trinajstić information content (AvgIpc) is 2.93. The van der Waals surface area contributed by atoms with Crippen molar-refractivity contribution < 1.29 is 14.7 Å². The number of carbonyl (C=O) groups excluding carboxylic acids is 1. The molecule has 1 saturated carbocycles. The third-order valence-corrected chi connectivity index (χ3v) is 5.57. The summed E-state index contributed by atoms with van der Waals surface area (Å²) in [6, 6.07) is 1.87. The normalized spacial score (nSPS) is 20.2. The zero-order chi connectivity index (χ0) is 19.7. The summed E-state index contributed by atoms with van der Waals surface area (Å²) in [4.78, 5) is 28.7. The third kappa shape index (κ3) is 3.96. The summed E-state index contributed by atoms with van der Waals surface area (Å²) >= 11 is 0. The van der Waals surface area contributed by atoms with Gasteiger partial charge in [0.25, 0.3) is 5.91 Å². The van der Waals surface area contributed by atoms with Crippen LogP contribution in [0.1, 0.15) is 67.2 Å². The maximum absolute atomic E-state index is 12.9. The Kier molecular flexibility index (Phi) is 5.48. The average molecular weight is 372 g/mol. The lowest BCUT2D eigenvalue weighted by atomic mass is 9.82. The van der Waals surface area contributed by atoms with Crippen LogP contribution < -0.4 is 5.32 Å². The van der Waals surface area contributed by atoms with Crippen LogP contribution in [0.2, 0.25) is 0 Å². The summed E-state index contributed by atoms with van der Waals surface area (Å²) in [6.45, 7) is 6.58. The minimum absolute atomic E-state index is 0.110. The van der Waals surface area contributed by atoms with Crippen LogP contribution in [0.25, 0.3) is 11.0 Å². The minimum Gasteiger partial charge on any atom is -0.481 e. The predicted molar refractivity (Wildman–Crippen MR) is 103 cm³/mol. The Bertz CT molecular complexity index is 864. The zero-order valence-electron chi connectivity index (χ0n) is 16.5. The van der Waals surface area contributed by atoms with Gasteiger partial charge >= 0.3 is 5.97 Å². The van der Waals surface area contributed by atoms with Crippen molar-refractivity contribution >= 4 is 22.9 Å². The molecule has 1 aliphatic carbocycles. The van der Waals surface area contributed by atoms with Crippen LogP contribution in [0.3, 0.4) is 0 Å². The van der Waals surface area contributed by atoms with Gasteiger partial charge in [-0.3, -0.25) is 14.3 Å². The predicted octanol–water partition coefficient (Wildman–Crippen LogP) is 3.02. The summed E-state index contributed by atoms with van der Waals surface area (Å²) in [5.41, 5.74) is 3.01. The van der Waals surface area contributed by atoms with Crippen LogP contribution in [0.4, 0.5) is 0 Å². The first kappa shape index (κ1) is 19.3. The second kappa shape index (κ2) is 7.66. The molecule has 0 aliphatic heterocycles. The Labute approximate surface area is 159 Å². The van der Waals surface area contributed by atoms with E-state index in [4.69, 9.17) is 5.11 Å². The van der Waals surface area contributed by atoms with Gasteiger partial charge in [0.05, 0.1) is 22.6 Å². The molecule has 2 heterocycles. The molecule has 3 rings (SSSR count). The SMILES string of the molecule is Cc1nn(C)c2nc(C(C)C)cc(C(=O)NCC3CCC(C(=O)O)CC3)c12. The van der Waals surface area contributed by atoms with Gasteiger partial charge in [-0.2, -0.15) is 5.10 Å². The topological polar surface area (TPSA) is 97.1 Å². The van der Waals surface area contributed by atoms with E-state index in [0.717, 1.165) is 35.3 Å². The lowest BCUT2D eigenvalue weighted by molar-refractivity contribution is -0.143. The highest BCUT2D eigenvalue weighted by molar-refractivity contribution is 6.06. The van der Waals surface area contributed by atoms with Crippen LogP contribution >= 0.6 is 0 Å². The fraction of sp³-hybridized carbons (Fsp3) is 0.600. The molecule has 7 nitrogen and oxygen atoms in total. The van der Waals surface area contributed by atoms with Gasteiger partial charge in [-0.15, -0.1) is 0 Å². The smallest absolute Gasteiger partial charge is 0.306 e. The van der Waals surface area contributed by atoms with Crippen molar-refractivity contribution in [3.8, 4) is 0 Å². The Balaban J connectivity index is 1.77. The van der Waals surface area contributed by atoms with E-state index in [0.29, 0.717) is 30.9 Å². The molecule has 1 aliphatic rings. The molecule has 0 radical (unpaired) electrons. The van der Waals surface area contributed by atoms with Crippen LogP contribution in [0.5, 0.6) is 0 Å². The van der Waals surface area contributed by atoms with Crippen molar-refractivity contribution in [2.75, 3.05) is 6.54 Å². The molecule has 1 amide bonds. The number of aryl methyl sites for hydroxylation is 2. The molecule has 146 valence electrons. The number of carboxylic acids is 1. The van der Waals surface area contributed by atoms with Gasteiger partial charge in [0.1, 0.15) is 0 Å². The van der Waals surface area contributed by atoms with E-state index in [2.05, 4.69) is 29.2 Å². The maximum Gasteiger partial charge on any atom is 0.306 e. The van der Waals surface area contributed by atoms with Crippen molar-refractivity contribution in [3.63, 3.8) is 0 Å². The summed E-state index contributed by atoms with van der Waals surface area (Å²) in [5.74, 6) is -0.502. The number of nitrogens with zero attached hydrogens (tertiary/aromatic N) is 3. The Morgan fingerprint density at radius 2 is 1.96 bits per heavy atom. The van der Waals surface area contributed by atoms with E-state index in [1.165, 1.54) is 0 Å². The van der Waals surface area contributed by atoms with Gasteiger partial charge < -0.3 is 10.4 Å². The van der Waals surface area contributed by atoms with E-state index in [9.17, 15) is 9.59 Å². The van der Waals surface area contributed by atoms with E-state index in [1.807, 2.05) is 20.0 Å². The molecule has 0 spiro atoms. The van der Waals surface area contributed by atoms with Crippen LogP contribution in [0.15, 0.2) is 6.07 Å². The van der Waals surface area contributed by atoms with E-state index >= 15 is 0 Å². The highest BCUT2D eigenvalue weighted by Gasteiger charge is 2.26. The highest BCUT2D eigenvalue weighted by atomic mass is 16.4. The number of carboxylic acid groups (broad SMARTS) is 1. The minimum atomic E-state index is -0.704. The highest BCUT2D eigenvalue weighted by Crippen LogP contribution is 2.29. The molecule has 0 atom stereocenters. The zero-order valence-corrected chi connectivity index (χ0v) is 16.5. The quantitative estimate of drug-likeness (QED) is 0.841. The molecule has 0 unspecified atom stereocenters. The number of rotatable bonds is 5. The fourth-order valence-corrected chi connectivity index (χ4v) is 3.88. The Hall–Kier alpha value is -2.44. The number of nitrogens with one attached hydrogen (secondary N) is 1. The molecule has 7 heteroatoms. The van der Waals surface area contributed by atoms with Gasteiger partial charge in [-0.1, -0.05) is 13.8 Å². The number of hydrogen-bond donors (Lipinski definition) is 2. The first-order chi connectivity index (χ1) is 12.8. The summed E-state index contributed by atoms with van der Waals surface area (Å²) in [6.07, 6.45) is 3.06. The fourth-order valence-electron chi connectivity index (χ4n) is 3.88. The number of fused-ring (bicyclic) bond motifs is 1. The Morgan fingerprint density at radius 1 is 1.30 bits per heavy atom. The molecule has 0 saturated heterocycles. The second-order valence-corrected chi connectivity index (χ2v) is 7.92. The van der Waals surface area contributed by atoms with Crippen molar-refractivity contribution in [3.05, 3.63) is 23.0 Å². The number of carbonyl (C=O) groups is 2. The number of amides is 1. The summed E-state index contributed by atoms with van der Waals surface area (Å²) in [7, 11) is 1.84. The largest absolute Gasteiger partial charge is 0.481 e. The molecule has 27 heavy (non-hydrogen) atoms. The molecule has 2 aromatic rings. The molecular formula is C20H28N4O3. The first-order valence-corrected chi connectivity index (χ1v) is 9.63. The van der Waals surface area contributed by atoms with Crippen LogP contribution in [-0.4, -0.2) is 38.3 Å². The van der Waals surface area contributed by atoms with Crippen molar-refractivity contribution in [1.82, 2.24) is 20.1 Å². The number of hydrogen-bond acceptors (Lipinski definition) is 4. The first-order valence-electron chi connectivity index (χ1n) is 9.63. The second-order valence-electron chi connectivity index (χ2n) is 7.92. The Morgan fingerprint density at radius 3 is 2.56 bits per heavy atom. The van der Waals surface area contributed by atoms with E-state index in [1.54, 1.807) is 4.68 Å². The molecule has 0 aromatic carbocycles. The molecule has 2 N–H and O–H groups in total. The summed E-state index contributed by atoms with van der Waals surface area (Å²) < 4.78 is 1.72. The van der Waals surface area contributed by atoms with Crippen molar-refractivity contribution in [1.29, 1.82) is 0 Å². The molecule has 2 aromatic heterocycles.